The zero-order chi connectivity index (χ0) is 22.3. The lowest BCUT2D eigenvalue weighted by molar-refractivity contribution is -0.126. The summed E-state index contributed by atoms with van der Waals surface area (Å²) in [5.74, 6) is -0.0903. The van der Waals surface area contributed by atoms with Crippen molar-refractivity contribution in [2.75, 3.05) is 44.6 Å². The quantitative estimate of drug-likeness (QED) is 0.687. The number of nitrogens with zero attached hydrogens (tertiary/aromatic N) is 2. The number of likely N-dealkylation sites (tertiary alicyclic amines) is 2. The molecule has 0 aliphatic carbocycles. The van der Waals surface area contributed by atoms with Crippen LogP contribution in [0.4, 0.5) is 10.5 Å². The molecular formula is C25H31ClN4O2. The molecule has 2 N–H and O–H groups in total. The number of carbonyl (C=O) groups is 2. The Bertz CT molecular complexity index is 917. The van der Waals surface area contributed by atoms with E-state index in [-0.39, 0.29) is 23.8 Å². The van der Waals surface area contributed by atoms with Crippen molar-refractivity contribution in [3.05, 3.63) is 65.2 Å². The number of nitrogens with one attached hydrogen (secondary N) is 2. The molecule has 32 heavy (non-hydrogen) atoms. The lowest BCUT2D eigenvalue weighted by Gasteiger charge is -2.37. The second kappa shape index (κ2) is 10.8. The molecular weight excluding hydrogens is 424 g/mol. The first-order valence-corrected chi connectivity index (χ1v) is 11.8. The summed E-state index contributed by atoms with van der Waals surface area (Å²) in [7, 11) is 0. The van der Waals surface area contributed by atoms with Crippen LogP contribution in [0.3, 0.4) is 0 Å². The number of anilines is 1. The zero-order valence-corrected chi connectivity index (χ0v) is 19.1. The summed E-state index contributed by atoms with van der Waals surface area (Å²) < 4.78 is 0. The van der Waals surface area contributed by atoms with Crippen molar-refractivity contribution in [3.63, 3.8) is 0 Å². The number of urea groups is 1. The smallest absolute Gasteiger partial charge is 0.321 e. The number of hydrogen-bond donors (Lipinski definition) is 2. The van der Waals surface area contributed by atoms with Gasteiger partial charge in [0.2, 0.25) is 5.91 Å². The third kappa shape index (κ3) is 6.02. The van der Waals surface area contributed by atoms with Gasteiger partial charge in [-0.2, -0.15) is 0 Å². The van der Waals surface area contributed by atoms with Crippen LogP contribution in [0.25, 0.3) is 0 Å². The van der Waals surface area contributed by atoms with E-state index in [9.17, 15) is 9.59 Å². The van der Waals surface area contributed by atoms with Crippen molar-refractivity contribution in [1.29, 1.82) is 0 Å². The highest BCUT2D eigenvalue weighted by molar-refractivity contribution is 6.30. The van der Waals surface area contributed by atoms with Crippen molar-refractivity contribution in [2.24, 2.45) is 5.92 Å². The van der Waals surface area contributed by atoms with Gasteiger partial charge in [0.15, 0.2) is 0 Å². The zero-order valence-electron chi connectivity index (χ0n) is 18.3. The molecule has 0 spiro atoms. The van der Waals surface area contributed by atoms with Crippen LogP contribution in [0.5, 0.6) is 0 Å². The van der Waals surface area contributed by atoms with E-state index < -0.39 is 0 Å². The van der Waals surface area contributed by atoms with E-state index in [1.54, 1.807) is 23.1 Å². The van der Waals surface area contributed by atoms with Crippen LogP contribution in [0.15, 0.2) is 54.6 Å². The van der Waals surface area contributed by atoms with Crippen molar-refractivity contribution in [2.45, 2.75) is 25.2 Å². The van der Waals surface area contributed by atoms with Crippen LogP contribution in [-0.4, -0.2) is 61.0 Å². The maximum absolute atomic E-state index is 13.0. The minimum absolute atomic E-state index is 0.0328. The normalized spacial score (nSPS) is 21.3. The van der Waals surface area contributed by atoms with Crippen molar-refractivity contribution in [3.8, 4) is 0 Å². The molecule has 0 bridgehead atoms. The standard InChI is InChI=1S/C25H31ClN4O2/c26-22-9-6-10-23(16-22)28-25(32)30-17-20(19-7-2-1-3-8-19)15-21(18-30)24(31)27-11-14-29-12-4-5-13-29/h1-3,6-10,16,20-21H,4-5,11-15,17-18H2,(H,27,31)(H,28,32)/t20-,21-/m1/s1. The number of hydrogen-bond acceptors (Lipinski definition) is 3. The Morgan fingerprint density at radius 1 is 1.00 bits per heavy atom. The Morgan fingerprint density at radius 2 is 1.78 bits per heavy atom. The molecule has 2 atom stereocenters. The van der Waals surface area contributed by atoms with Gasteiger partial charge < -0.3 is 20.4 Å². The molecule has 2 saturated heterocycles. The summed E-state index contributed by atoms with van der Waals surface area (Å²) in [6, 6.07) is 17.0. The fourth-order valence-corrected chi connectivity index (χ4v) is 4.87. The number of halogens is 1. The van der Waals surface area contributed by atoms with Crippen LogP contribution < -0.4 is 10.6 Å². The summed E-state index contributed by atoms with van der Waals surface area (Å²) in [5, 5.41) is 6.61. The monoisotopic (exact) mass is 454 g/mol. The van der Waals surface area contributed by atoms with Gasteiger partial charge in [0.1, 0.15) is 0 Å². The van der Waals surface area contributed by atoms with E-state index in [1.807, 2.05) is 24.3 Å². The van der Waals surface area contributed by atoms with Gasteiger partial charge in [0, 0.05) is 42.8 Å². The van der Waals surface area contributed by atoms with Gasteiger partial charge in [-0.1, -0.05) is 48.0 Å². The molecule has 4 rings (SSSR count). The highest BCUT2D eigenvalue weighted by Crippen LogP contribution is 2.31. The predicted octanol–water partition coefficient (Wildman–Crippen LogP) is 4.19. The van der Waals surface area contributed by atoms with E-state index in [4.69, 9.17) is 11.6 Å². The van der Waals surface area contributed by atoms with Crippen molar-refractivity contribution < 1.29 is 9.59 Å². The average Bonchev–Trinajstić information content (AvgIpc) is 3.33. The molecule has 2 fully saturated rings. The van der Waals surface area contributed by atoms with Gasteiger partial charge in [-0.05, 0) is 56.1 Å². The van der Waals surface area contributed by atoms with E-state index in [2.05, 4.69) is 27.7 Å². The molecule has 7 heteroatoms. The summed E-state index contributed by atoms with van der Waals surface area (Å²) in [4.78, 5) is 30.2. The highest BCUT2D eigenvalue weighted by Gasteiger charge is 2.34. The molecule has 2 aromatic rings. The molecule has 0 radical (unpaired) electrons. The number of amides is 3. The fourth-order valence-electron chi connectivity index (χ4n) is 4.68. The summed E-state index contributed by atoms with van der Waals surface area (Å²) in [6.07, 6.45) is 3.22. The first-order chi connectivity index (χ1) is 15.6. The minimum Gasteiger partial charge on any atom is -0.355 e. The number of rotatable bonds is 6. The molecule has 2 heterocycles. The average molecular weight is 455 g/mol. The lowest BCUT2D eigenvalue weighted by Crippen LogP contribution is -2.50. The third-order valence-corrected chi connectivity index (χ3v) is 6.62. The van der Waals surface area contributed by atoms with Crippen molar-refractivity contribution in [1.82, 2.24) is 15.1 Å². The first-order valence-electron chi connectivity index (χ1n) is 11.4. The van der Waals surface area contributed by atoms with Gasteiger partial charge in [0.05, 0.1) is 5.92 Å². The Hall–Kier alpha value is -2.57. The Morgan fingerprint density at radius 3 is 2.53 bits per heavy atom. The largest absolute Gasteiger partial charge is 0.355 e. The predicted molar refractivity (Wildman–Crippen MR) is 128 cm³/mol. The summed E-state index contributed by atoms with van der Waals surface area (Å²) in [5.41, 5.74) is 1.80. The lowest BCUT2D eigenvalue weighted by atomic mass is 9.84. The minimum atomic E-state index is -0.238. The highest BCUT2D eigenvalue weighted by atomic mass is 35.5. The van der Waals surface area contributed by atoms with E-state index in [1.165, 1.54) is 12.8 Å². The Balaban J connectivity index is 1.42. The van der Waals surface area contributed by atoms with Gasteiger partial charge in [-0.3, -0.25) is 4.79 Å². The first kappa shape index (κ1) is 22.6. The number of piperidine rings is 1. The maximum Gasteiger partial charge on any atom is 0.321 e. The van der Waals surface area contributed by atoms with E-state index in [0.29, 0.717) is 30.3 Å². The van der Waals surface area contributed by atoms with Crippen LogP contribution in [0.1, 0.15) is 30.7 Å². The molecule has 170 valence electrons. The molecule has 2 aliphatic heterocycles. The summed E-state index contributed by atoms with van der Waals surface area (Å²) >= 11 is 6.06. The molecule has 2 aliphatic rings. The second-order valence-corrected chi connectivity index (χ2v) is 9.16. The molecule has 3 amide bonds. The summed E-state index contributed by atoms with van der Waals surface area (Å²) in [6.45, 7) is 4.76. The fraction of sp³-hybridized carbons (Fsp3) is 0.440. The van der Waals surface area contributed by atoms with E-state index >= 15 is 0 Å². The SMILES string of the molecule is O=C(NCCN1CCCC1)[C@@H]1C[C@@H](c2ccccc2)CN(C(=O)Nc2cccc(Cl)c2)C1. The molecule has 0 aromatic heterocycles. The van der Waals surface area contributed by atoms with Gasteiger partial charge >= 0.3 is 6.03 Å². The third-order valence-electron chi connectivity index (χ3n) is 6.38. The molecule has 0 unspecified atom stereocenters. The van der Waals surface area contributed by atoms with Gasteiger partial charge in [-0.25, -0.2) is 4.79 Å². The molecule has 6 nitrogen and oxygen atoms in total. The Kier molecular flexibility index (Phi) is 7.66. The van der Waals surface area contributed by atoms with Crippen LogP contribution in [-0.2, 0) is 4.79 Å². The molecule has 2 aromatic carbocycles. The van der Waals surface area contributed by atoms with Gasteiger partial charge in [-0.15, -0.1) is 0 Å². The van der Waals surface area contributed by atoms with Gasteiger partial charge in [0.25, 0.3) is 0 Å². The van der Waals surface area contributed by atoms with Crippen LogP contribution >= 0.6 is 11.6 Å². The topological polar surface area (TPSA) is 64.7 Å². The van der Waals surface area contributed by atoms with Crippen molar-refractivity contribution >= 4 is 29.2 Å². The number of carbonyl (C=O) groups excluding carboxylic acids is 2. The van der Waals surface area contributed by atoms with Crippen LogP contribution in [0, 0.1) is 5.92 Å². The maximum atomic E-state index is 13.0. The molecule has 0 saturated carbocycles. The van der Waals surface area contributed by atoms with Crippen LogP contribution in [0.2, 0.25) is 5.02 Å². The number of benzene rings is 2. The Labute approximate surface area is 194 Å². The van der Waals surface area contributed by atoms with E-state index in [0.717, 1.165) is 31.6 Å². The second-order valence-electron chi connectivity index (χ2n) is 8.73.